The van der Waals surface area contributed by atoms with Crippen LogP contribution in [0.15, 0.2) is 48.7 Å². The van der Waals surface area contributed by atoms with Crippen LogP contribution in [0.2, 0.25) is 0 Å². The highest BCUT2D eigenvalue weighted by Crippen LogP contribution is 2.21. The van der Waals surface area contributed by atoms with Gasteiger partial charge in [0.05, 0.1) is 0 Å². The van der Waals surface area contributed by atoms with Crippen molar-refractivity contribution in [1.29, 1.82) is 0 Å². The van der Waals surface area contributed by atoms with Crippen molar-refractivity contribution < 1.29 is 32.3 Å². The zero-order valence-electron chi connectivity index (χ0n) is 19.6. The molecular formula is C24H29F4N5O3. The monoisotopic (exact) mass is 511 g/mol. The minimum Gasteiger partial charge on any atom is -0.475 e. The summed E-state index contributed by atoms with van der Waals surface area (Å²) in [5.41, 5.74) is 6.67. The van der Waals surface area contributed by atoms with E-state index in [0.29, 0.717) is 18.0 Å². The lowest BCUT2D eigenvalue weighted by atomic mass is 10.0. The Morgan fingerprint density at radius 3 is 2.22 bits per heavy atom. The van der Waals surface area contributed by atoms with E-state index in [1.165, 1.54) is 6.07 Å². The van der Waals surface area contributed by atoms with Crippen LogP contribution in [0.5, 0.6) is 0 Å². The minimum absolute atomic E-state index is 0.0669. The first-order valence-electron chi connectivity index (χ1n) is 11.5. The third kappa shape index (κ3) is 7.62. The van der Waals surface area contributed by atoms with Crippen molar-refractivity contribution in [3.8, 4) is 0 Å². The van der Waals surface area contributed by atoms with Crippen molar-refractivity contribution in [1.82, 2.24) is 14.8 Å². The van der Waals surface area contributed by atoms with Crippen molar-refractivity contribution in [2.45, 2.75) is 31.1 Å². The fraction of sp³-hybridized carbons (Fsp3) is 0.458. The van der Waals surface area contributed by atoms with Crippen LogP contribution >= 0.6 is 0 Å². The number of alkyl halides is 3. The number of likely N-dealkylation sites (tertiary alicyclic amines) is 1. The van der Waals surface area contributed by atoms with Gasteiger partial charge in [0, 0.05) is 64.0 Å². The van der Waals surface area contributed by atoms with Gasteiger partial charge in [-0.15, -0.1) is 0 Å². The third-order valence-electron chi connectivity index (χ3n) is 6.14. The molecule has 0 spiro atoms. The molecule has 0 unspecified atom stereocenters. The van der Waals surface area contributed by atoms with Gasteiger partial charge in [-0.05, 0) is 30.2 Å². The highest BCUT2D eigenvalue weighted by molar-refractivity contribution is 5.77. The van der Waals surface area contributed by atoms with Gasteiger partial charge in [-0.3, -0.25) is 9.69 Å². The maximum absolute atomic E-state index is 13.8. The number of nitrogens with zero attached hydrogens (tertiary/aromatic N) is 4. The maximum Gasteiger partial charge on any atom is 0.490 e. The van der Waals surface area contributed by atoms with Crippen LogP contribution in [0, 0.1) is 5.82 Å². The lowest BCUT2D eigenvalue weighted by molar-refractivity contribution is -0.192. The van der Waals surface area contributed by atoms with Gasteiger partial charge in [-0.1, -0.05) is 24.3 Å². The minimum atomic E-state index is -5.08. The summed E-state index contributed by atoms with van der Waals surface area (Å²) in [7, 11) is 0. The van der Waals surface area contributed by atoms with Crippen LogP contribution in [0.25, 0.3) is 0 Å². The predicted octanol–water partition coefficient (Wildman–Crippen LogP) is 2.15. The zero-order valence-corrected chi connectivity index (χ0v) is 19.6. The molecule has 12 heteroatoms. The van der Waals surface area contributed by atoms with Gasteiger partial charge in [-0.25, -0.2) is 14.2 Å². The number of carboxylic acids is 1. The van der Waals surface area contributed by atoms with Gasteiger partial charge in [0.2, 0.25) is 5.91 Å². The molecule has 0 radical (unpaired) electrons. The van der Waals surface area contributed by atoms with Crippen molar-refractivity contribution in [3.05, 3.63) is 60.0 Å². The molecule has 1 amide bonds. The average Bonchev–Trinajstić information content (AvgIpc) is 2.80. The molecule has 3 heterocycles. The first-order valence-corrected chi connectivity index (χ1v) is 11.5. The van der Waals surface area contributed by atoms with Crippen LogP contribution in [0.3, 0.4) is 0 Å². The topological polar surface area (TPSA) is 103 Å². The number of aliphatic carboxylic acids is 1. The molecule has 1 aromatic carbocycles. The van der Waals surface area contributed by atoms with Crippen LogP contribution in [-0.4, -0.2) is 89.3 Å². The van der Waals surface area contributed by atoms with E-state index >= 15 is 0 Å². The van der Waals surface area contributed by atoms with Crippen LogP contribution in [0.4, 0.5) is 23.4 Å². The maximum atomic E-state index is 13.8. The number of nitrogens with two attached hydrogens (primary N) is 1. The van der Waals surface area contributed by atoms with Gasteiger partial charge >= 0.3 is 12.1 Å². The van der Waals surface area contributed by atoms with E-state index in [9.17, 15) is 22.4 Å². The number of carbonyl (C=O) groups excluding carboxylic acids is 1. The highest BCUT2D eigenvalue weighted by atomic mass is 19.4. The Morgan fingerprint density at radius 1 is 1.06 bits per heavy atom. The number of hydrogen-bond acceptors (Lipinski definition) is 6. The normalized spacial score (nSPS) is 17.6. The van der Waals surface area contributed by atoms with Crippen LogP contribution in [-0.2, 0) is 16.0 Å². The molecule has 1 atom stereocenters. The van der Waals surface area contributed by atoms with E-state index in [1.807, 2.05) is 29.3 Å². The molecule has 2 aliphatic heterocycles. The predicted molar refractivity (Wildman–Crippen MR) is 125 cm³/mol. The number of carbonyl (C=O) groups is 2. The molecule has 4 rings (SSSR count). The number of carboxylic acid groups (broad SMARTS) is 1. The smallest absolute Gasteiger partial charge is 0.475 e. The van der Waals surface area contributed by atoms with Crippen LogP contribution in [0.1, 0.15) is 12.0 Å². The van der Waals surface area contributed by atoms with Crippen molar-refractivity contribution >= 4 is 17.7 Å². The average molecular weight is 512 g/mol. The summed E-state index contributed by atoms with van der Waals surface area (Å²) in [5, 5.41) is 7.12. The van der Waals surface area contributed by atoms with Gasteiger partial charge in [0.25, 0.3) is 0 Å². The number of aromatic nitrogens is 1. The molecule has 1 aromatic heterocycles. The third-order valence-corrected chi connectivity index (χ3v) is 6.14. The Kier molecular flexibility index (Phi) is 9.21. The van der Waals surface area contributed by atoms with E-state index in [1.54, 1.807) is 18.2 Å². The quantitative estimate of drug-likeness (QED) is 0.573. The lowest BCUT2D eigenvalue weighted by Gasteiger charge is -2.48. The number of pyridine rings is 1. The Bertz CT molecular complexity index is 1010. The number of anilines is 1. The number of amides is 1. The first-order chi connectivity index (χ1) is 17.0. The number of rotatable bonds is 6. The van der Waals surface area contributed by atoms with Crippen molar-refractivity contribution in [2.24, 2.45) is 5.73 Å². The molecule has 196 valence electrons. The fourth-order valence-corrected chi connectivity index (χ4v) is 4.12. The molecule has 0 bridgehead atoms. The molecule has 0 saturated carbocycles. The molecule has 2 aromatic rings. The summed E-state index contributed by atoms with van der Waals surface area (Å²) in [6.45, 7) is 5.39. The second-order valence-corrected chi connectivity index (χ2v) is 8.73. The Morgan fingerprint density at radius 2 is 1.67 bits per heavy atom. The van der Waals surface area contributed by atoms with Gasteiger partial charge < -0.3 is 20.6 Å². The second kappa shape index (κ2) is 12.1. The van der Waals surface area contributed by atoms with Gasteiger partial charge in [-0.2, -0.15) is 13.2 Å². The van der Waals surface area contributed by atoms with E-state index in [4.69, 9.17) is 15.6 Å². The number of benzene rings is 1. The summed E-state index contributed by atoms with van der Waals surface area (Å²) >= 11 is 0. The first kappa shape index (κ1) is 27.3. The zero-order chi connectivity index (χ0) is 26.3. The molecular weight excluding hydrogens is 482 g/mol. The summed E-state index contributed by atoms with van der Waals surface area (Å²) in [6, 6.07) is 12.7. The van der Waals surface area contributed by atoms with E-state index in [0.717, 1.165) is 45.1 Å². The number of hydrogen-bond donors (Lipinski definition) is 2. The van der Waals surface area contributed by atoms with Crippen LogP contribution < -0.4 is 10.6 Å². The number of halogens is 4. The lowest BCUT2D eigenvalue weighted by Crippen LogP contribution is -2.64. The molecule has 2 saturated heterocycles. The summed E-state index contributed by atoms with van der Waals surface area (Å²) in [5.74, 6) is -1.92. The van der Waals surface area contributed by atoms with E-state index in [-0.39, 0.29) is 24.2 Å². The SMILES string of the molecule is N[C@@H](CC(=O)N1CC(N2CCN(c3ccccn3)CC2)C1)Cc1ccccc1F.O=C(O)C(F)(F)F. The second-order valence-electron chi connectivity index (χ2n) is 8.73. The summed E-state index contributed by atoms with van der Waals surface area (Å²) in [4.78, 5) is 32.5. The molecule has 36 heavy (non-hydrogen) atoms. The van der Waals surface area contributed by atoms with Gasteiger partial charge in [0.15, 0.2) is 0 Å². The number of piperazine rings is 1. The Balaban J connectivity index is 0.000000454. The van der Waals surface area contributed by atoms with Gasteiger partial charge in [0.1, 0.15) is 11.6 Å². The molecule has 3 N–H and O–H groups in total. The van der Waals surface area contributed by atoms with Crippen molar-refractivity contribution in [2.75, 3.05) is 44.2 Å². The highest BCUT2D eigenvalue weighted by Gasteiger charge is 2.38. The Labute approximate surface area is 206 Å². The summed E-state index contributed by atoms with van der Waals surface area (Å²) in [6.07, 6.45) is -2.62. The van der Waals surface area contributed by atoms with E-state index < -0.39 is 12.1 Å². The van der Waals surface area contributed by atoms with E-state index in [2.05, 4.69) is 14.8 Å². The largest absolute Gasteiger partial charge is 0.490 e. The summed E-state index contributed by atoms with van der Waals surface area (Å²) < 4.78 is 45.5. The molecule has 8 nitrogen and oxygen atoms in total. The Hall–Kier alpha value is -3.25. The molecule has 2 aliphatic rings. The standard InChI is InChI=1S/C22H28FN5O.C2HF3O2/c23-20-6-2-1-5-17(20)13-18(24)14-22(29)28-15-19(16-28)26-9-11-27(12-10-26)21-7-3-4-8-25-21;3-2(4,5)1(6)7/h1-8,18-19H,9-16,24H2;(H,6,7)/t18-;/m1./s1. The fourth-order valence-electron chi connectivity index (χ4n) is 4.12. The molecule has 0 aliphatic carbocycles. The molecule has 2 fully saturated rings. The van der Waals surface area contributed by atoms with Crippen molar-refractivity contribution in [3.63, 3.8) is 0 Å².